The van der Waals surface area contributed by atoms with Gasteiger partial charge in [0.15, 0.2) is 0 Å². The Morgan fingerprint density at radius 3 is 1.71 bits per heavy atom. The van der Waals surface area contributed by atoms with Gasteiger partial charge in [-0.15, -0.1) is 0 Å². The van der Waals surface area contributed by atoms with Crippen molar-refractivity contribution < 1.29 is 0 Å². The van der Waals surface area contributed by atoms with Crippen LogP contribution in [0.3, 0.4) is 0 Å². The summed E-state index contributed by atoms with van der Waals surface area (Å²) in [6.45, 7) is 0.806. The molecule has 1 aromatic heterocycles. The van der Waals surface area contributed by atoms with Crippen molar-refractivity contribution in [2.75, 3.05) is 21.3 Å². The lowest BCUT2D eigenvalue weighted by Crippen LogP contribution is -2.59. The molecule has 0 fully saturated rings. The maximum absolute atomic E-state index is 4.43. The van der Waals surface area contributed by atoms with Crippen molar-refractivity contribution in [3.63, 3.8) is 0 Å². The number of para-hydroxylation sites is 1. The van der Waals surface area contributed by atoms with E-state index in [2.05, 4.69) is 152 Å². The Balaban J connectivity index is 1.24. The number of aromatic nitrogens is 3. The lowest BCUT2D eigenvalue weighted by molar-refractivity contribution is 0.752. The van der Waals surface area contributed by atoms with Gasteiger partial charge in [0.2, 0.25) is 0 Å². The van der Waals surface area contributed by atoms with Crippen molar-refractivity contribution in [3.8, 4) is 27.9 Å². The van der Waals surface area contributed by atoms with Crippen LogP contribution in [0.1, 0.15) is 0 Å². The molecule has 0 aliphatic carbocycles. The van der Waals surface area contributed by atoms with Gasteiger partial charge in [-0.3, -0.25) is 0 Å². The Bertz CT molecular complexity index is 2000. The Kier molecular flexibility index (Phi) is 4.95. The van der Waals surface area contributed by atoms with Crippen molar-refractivity contribution in [2.45, 2.75) is 0 Å². The van der Waals surface area contributed by atoms with E-state index in [1.54, 1.807) is 17.2 Å². The molecule has 42 heavy (non-hydrogen) atoms. The van der Waals surface area contributed by atoms with Gasteiger partial charge in [-0.25, -0.2) is 0 Å². The van der Waals surface area contributed by atoms with E-state index < -0.39 is 0 Å². The van der Waals surface area contributed by atoms with Crippen LogP contribution in [0.2, 0.25) is 0 Å². The first kappa shape index (κ1) is 23.2. The summed E-state index contributed by atoms with van der Waals surface area (Å²) in [6.07, 6.45) is 7.77. The molecule has 0 N–H and O–H groups in total. The number of benzene rings is 5. The molecule has 0 atom stereocenters. The van der Waals surface area contributed by atoms with Gasteiger partial charge in [0, 0.05) is 46.3 Å². The first-order chi connectivity index (χ1) is 20.8. The Labute approximate surface area is 244 Å². The third kappa shape index (κ3) is 3.40. The van der Waals surface area contributed by atoms with E-state index >= 15 is 0 Å². The minimum absolute atomic E-state index is 0.0448. The highest BCUT2D eigenvalue weighted by Crippen LogP contribution is 2.47. The number of nitrogens with zero attached hydrogens (tertiary/aromatic N) is 6. The number of anilines is 4. The van der Waals surface area contributed by atoms with Gasteiger partial charge in [-0.2, -0.15) is 15.0 Å². The SMILES string of the molecule is C1=CN(c2ccc3c(c2)N2B(c4ccccc4-3)c3ccccc3-c3ccc(-n4nccn4)cc32)CN1c1ccccc1. The number of hydrogen-bond donors (Lipinski definition) is 0. The first-order valence-corrected chi connectivity index (χ1v) is 14.2. The number of fused-ring (bicyclic) bond motifs is 11. The van der Waals surface area contributed by atoms with Crippen molar-refractivity contribution in [2.24, 2.45) is 0 Å². The molecule has 0 saturated heterocycles. The van der Waals surface area contributed by atoms with Crippen LogP contribution in [-0.2, 0) is 0 Å². The Morgan fingerprint density at radius 1 is 0.500 bits per heavy atom. The summed E-state index contributed by atoms with van der Waals surface area (Å²) in [7, 11) is 0. The average Bonchev–Trinajstić information content (AvgIpc) is 3.78. The summed E-state index contributed by atoms with van der Waals surface area (Å²) in [6, 6.07) is 41.7. The maximum Gasteiger partial charge on any atom is 0.329 e. The summed E-state index contributed by atoms with van der Waals surface area (Å²) in [5.74, 6) is 0. The minimum atomic E-state index is 0.0448. The zero-order valence-corrected chi connectivity index (χ0v) is 22.7. The summed E-state index contributed by atoms with van der Waals surface area (Å²) in [4.78, 5) is 8.80. The molecule has 0 bridgehead atoms. The van der Waals surface area contributed by atoms with Gasteiger partial charge >= 0.3 is 6.85 Å². The Morgan fingerprint density at radius 2 is 1.05 bits per heavy atom. The van der Waals surface area contributed by atoms with Gasteiger partial charge in [0.1, 0.15) is 0 Å². The largest absolute Gasteiger partial charge is 0.376 e. The van der Waals surface area contributed by atoms with Crippen LogP contribution in [0.5, 0.6) is 0 Å². The number of hydrogen-bond acceptors (Lipinski definition) is 5. The van der Waals surface area contributed by atoms with Gasteiger partial charge in [0.25, 0.3) is 0 Å². The smallest absolute Gasteiger partial charge is 0.329 e. The predicted molar refractivity (Wildman–Crippen MR) is 171 cm³/mol. The molecule has 9 rings (SSSR count). The van der Waals surface area contributed by atoms with Crippen LogP contribution in [0, 0.1) is 0 Å². The summed E-state index contributed by atoms with van der Waals surface area (Å²) < 4.78 is 0. The first-order valence-electron chi connectivity index (χ1n) is 14.2. The van der Waals surface area contributed by atoms with Gasteiger partial charge < -0.3 is 14.6 Å². The van der Waals surface area contributed by atoms with Crippen LogP contribution >= 0.6 is 0 Å². The molecular weight excluding hydrogens is 515 g/mol. The van der Waals surface area contributed by atoms with Crippen LogP contribution in [0.25, 0.3) is 27.9 Å². The second-order valence-electron chi connectivity index (χ2n) is 10.9. The molecule has 5 aromatic carbocycles. The van der Waals surface area contributed by atoms with Crippen LogP contribution in [-0.4, -0.2) is 28.5 Å². The molecule has 0 saturated carbocycles. The molecule has 7 heteroatoms. The fourth-order valence-electron chi connectivity index (χ4n) is 6.74. The zero-order chi connectivity index (χ0) is 27.6. The zero-order valence-electron chi connectivity index (χ0n) is 22.7. The van der Waals surface area contributed by atoms with Crippen LogP contribution in [0.4, 0.5) is 22.7 Å². The van der Waals surface area contributed by atoms with Crippen LogP contribution < -0.4 is 25.5 Å². The van der Waals surface area contributed by atoms with Crippen molar-refractivity contribution in [1.29, 1.82) is 0 Å². The monoisotopic (exact) mass is 540 g/mol. The number of rotatable bonds is 3. The highest BCUT2D eigenvalue weighted by Gasteiger charge is 2.42. The molecule has 0 spiro atoms. The summed E-state index contributed by atoms with van der Waals surface area (Å²) in [5, 5.41) is 8.86. The van der Waals surface area contributed by atoms with Gasteiger partial charge in [-0.1, -0.05) is 78.9 Å². The third-order valence-corrected chi connectivity index (χ3v) is 8.63. The van der Waals surface area contributed by atoms with E-state index in [0.29, 0.717) is 0 Å². The summed E-state index contributed by atoms with van der Waals surface area (Å²) in [5.41, 5.74) is 13.3. The molecule has 6 nitrogen and oxygen atoms in total. The maximum atomic E-state index is 4.43. The Hall–Kier alpha value is -5.56. The lowest BCUT2D eigenvalue weighted by Gasteiger charge is -2.43. The predicted octanol–water partition coefficient (Wildman–Crippen LogP) is 5.93. The van der Waals surface area contributed by atoms with E-state index in [1.165, 1.54) is 44.6 Å². The highest BCUT2D eigenvalue weighted by molar-refractivity contribution is 6.92. The van der Waals surface area contributed by atoms with Crippen molar-refractivity contribution >= 4 is 40.5 Å². The van der Waals surface area contributed by atoms with Crippen molar-refractivity contribution in [3.05, 3.63) is 140 Å². The molecule has 0 radical (unpaired) electrons. The normalized spacial score (nSPS) is 14.3. The third-order valence-electron chi connectivity index (χ3n) is 8.63. The fraction of sp³-hybridized carbons (Fsp3) is 0.0286. The fourth-order valence-corrected chi connectivity index (χ4v) is 6.74. The molecule has 3 aliphatic rings. The van der Waals surface area contributed by atoms with E-state index in [1.807, 2.05) is 0 Å². The van der Waals surface area contributed by atoms with E-state index in [9.17, 15) is 0 Å². The van der Waals surface area contributed by atoms with E-state index in [0.717, 1.165) is 23.7 Å². The quantitative estimate of drug-likeness (QED) is 0.261. The molecule has 6 aromatic rings. The second-order valence-corrected chi connectivity index (χ2v) is 10.9. The molecule has 0 unspecified atom stereocenters. The summed E-state index contributed by atoms with van der Waals surface area (Å²) >= 11 is 0. The topological polar surface area (TPSA) is 40.4 Å². The molecule has 198 valence electrons. The minimum Gasteiger partial charge on any atom is -0.376 e. The van der Waals surface area contributed by atoms with Crippen LogP contribution in [0.15, 0.2) is 140 Å². The van der Waals surface area contributed by atoms with Gasteiger partial charge in [-0.05, 0) is 58.5 Å². The van der Waals surface area contributed by atoms with E-state index in [-0.39, 0.29) is 6.85 Å². The molecule has 0 amide bonds. The second kappa shape index (κ2) is 8.98. The lowest BCUT2D eigenvalue weighted by atomic mass is 9.43. The molecular formula is C35H25BN6. The highest BCUT2D eigenvalue weighted by atomic mass is 15.5. The average molecular weight is 540 g/mol. The van der Waals surface area contributed by atoms with Crippen molar-refractivity contribution in [1.82, 2.24) is 15.0 Å². The standard InChI is InChI=1S/C35H25BN6/c1-2-8-25(9-3-1)39-20-21-40(24-39)26-14-16-30-28-10-4-6-12-32(28)36-33-13-7-5-11-29(33)31-17-15-27(42-37-18-19-38-42)23-35(31)41(36)34(30)22-26/h1-23H,24H2. The molecule has 4 heterocycles. The molecule has 3 aliphatic heterocycles. The van der Waals surface area contributed by atoms with Gasteiger partial charge in [0.05, 0.1) is 24.7 Å². The van der Waals surface area contributed by atoms with E-state index in [4.69, 9.17) is 0 Å².